The Bertz CT molecular complexity index is 342. The van der Waals surface area contributed by atoms with E-state index >= 15 is 0 Å². The fourth-order valence-electron chi connectivity index (χ4n) is 1.03. The quantitative estimate of drug-likeness (QED) is 0.408. The molecule has 0 aromatic heterocycles. The average molecular weight is 267 g/mol. The molecular formula is C7H5BF6KN. The third-order valence-corrected chi connectivity index (χ3v) is 1.68. The minimum Gasteiger partial charge on any atom is -0.445 e. The molecule has 0 fully saturated rings. The van der Waals surface area contributed by atoms with Gasteiger partial charge in [0.05, 0.1) is 5.56 Å². The van der Waals surface area contributed by atoms with Crippen LogP contribution in [0.3, 0.4) is 0 Å². The number of alkyl halides is 3. The summed E-state index contributed by atoms with van der Waals surface area (Å²) in [5.74, 6) is 0. The number of nitrogens with two attached hydrogens (primary N) is 1. The maximum absolute atomic E-state index is 12.2. The molecule has 0 amide bonds. The van der Waals surface area contributed by atoms with Crippen molar-refractivity contribution < 1.29 is 77.5 Å². The fraction of sp³-hybridized carbons (Fsp3) is 0.143. The van der Waals surface area contributed by atoms with Crippen LogP contribution >= 0.6 is 0 Å². The number of benzene rings is 1. The first-order valence-corrected chi connectivity index (χ1v) is 3.78. The van der Waals surface area contributed by atoms with Gasteiger partial charge < -0.3 is 18.7 Å². The normalized spacial score (nSPS) is 12.1. The molecular weight excluding hydrogens is 262 g/mol. The first kappa shape index (κ1) is 16.3. The van der Waals surface area contributed by atoms with Crippen LogP contribution in [0, 0.1) is 0 Å². The molecule has 84 valence electrons. The van der Waals surface area contributed by atoms with E-state index in [1.807, 2.05) is 0 Å². The first-order chi connectivity index (χ1) is 6.60. The van der Waals surface area contributed by atoms with Gasteiger partial charge in [-0.15, -0.1) is 5.46 Å². The molecule has 0 atom stereocenters. The smallest absolute Gasteiger partial charge is 0.445 e. The molecule has 1 rings (SSSR count). The predicted molar refractivity (Wildman–Crippen MR) is 44.6 cm³/mol. The molecule has 1 nitrogen and oxygen atoms in total. The van der Waals surface area contributed by atoms with Crippen molar-refractivity contribution in [3.05, 3.63) is 23.8 Å². The Morgan fingerprint density at radius 1 is 1.00 bits per heavy atom. The topological polar surface area (TPSA) is 26.0 Å². The van der Waals surface area contributed by atoms with E-state index in [2.05, 4.69) is 0 Å². The summed E-state index contributed by atoms with van der Waals surface area (Å²) in [6.45, 7) is -5.48. The Labute approximate surface area is 130 Å². The molecule has 0 aliphatic heterocycles. The summed E-state index contributed by atoms with van der Waals surface area (Å²) >= 11 is 0. The van der Waals surface area contributed by atoms with Crippen molar-refractivity contribution in [3.8, 4) is 0 Å². The van der Waals surface area contributed by atoms with Gasteiger partial charge in [0.15, 0.2) is 0 Å². The summed E-state index contributed by atoms with van der Waals surface area (Å²) in [5, 5.41) is 0. The molecule has 9 heteroatoms. The number of hydrogen-bond acceptors (Lipinski definition) is 1. The third-order valence-electron chi connectivity index (χ3n) is 1.68. The summed E-state index contributed by atoms with van der Waals surface area (Å²) in [5.41, 5.74) is 1.67. The zero-order valence-electron chi connectivity index (χ0n) is 8.15. The maximum atomic E-state index is 12.2. The maximum Gasteiger partial charge on any atom is 1.00 e. The van der Waals surface area contributed by atoms with Gasteiger partial charge in [0, 0.05) is 5.69 Å². The largest absolute Gasteiger partial charge is 1.00 e. The molecule has 0 saturated carbocycles. The van der Waals surface area contributed by atoms with Crippen LogP contribution in [0.4, 0.5) is 31.8 Å². The van der Waals surface area contributed by atoms with Gasteiger partial charge in [0.25, 0.3) is 0 Å². The molecule has 0 aliphatic rings. The average Bonchev–Trinajstić information content (AvgIpc) is 1.99. The van der Waals surface area contributed by atoms with E-state index in [-0.39, 0.29) is 57.5 Å². The minimum atomic E-state index is -5.48. The van der Waals surface area contributed by atoms with Crippen molar-refractivity contribution in [2.75, 3.05) is 5.73 Å². The fourth-order valence-corrected chi connectivity index (χ4v) is 1.03. The summed E-state index contributed by atoms with van der Waals surface area (Å²) in [6, 6.07) is 0.997. The second-order valence-electron chi connectivity index (χ2n) is 2.96. The molecule has 1 aromatic rings. The van der Waals surface area contributed by atoms with Gasteiger partial charge in [-0.2, -0.15) is 13.2 Å². The zero-order chi connectivity index (χ0) is 11.9. The van der Waals surface area contributed by atoms with E-state index in [1.165, 1.54) is 0 Å². The second-order valence-corrected chi connectivity index (χ2v) is 2.96. The van der Waals surface area contributed by atoms with Crippen molar-refractivity contribution in [2.45, 2.75) is 6.18 Å². The van der Waals surface area contributed by atoms with Gasteiger partial charge in [-0.05, 0) is 6.07 Å². The van der Waals surface area contributed by atoms with E-state index < -0.39 is 29.9 Å². The van der Waals surface area contributed by atoms with E-state index in [9.17, 15) is 26.1 Å². The SMILES string of the molecule is Nc1cc([B-](F)(F)F)cc(C(F)(F)F)c1.[K+]. The molecule has 0 bridgehead atoms. The van der Waals surface area contributed by atoms with Crippen LogP contribution in [-0.2, 0) is 6.18 Å². The Balaban J connectivity index is 0.00000225. The molecule has 16 heavy (non-hydrogen) atoms. The molecule has 2 N–H and O–H groups in total. The number of halogens is 6. The van der Waals surface area contributed by atoms with Crippen molar-refractivity contribution in [1.29, 1.82) is 0 Å². The van der Waals surface area contributed by atoms with Gasteiger partial charge in [0.1, 0.15) is 0 Å². The first-order valence-electron chi connectivity index (χ1n) is 3.78. The van der Waals surface area contributed by atoms with E-state index in [0.717, 1.165) is 0 Å². The summed E-state index contributed by atoms with van der Waals surface area (Å²) in [7, 11) is 0. The van der Waals surface area contributed by atoms with Gasteiger partial charge in [-0.3, -0.25) is 0 Å². The number of anilines is 1. The summed E-state index contributed by atoms with van der Waals surface area (Å²) < 4.78 is 72.9. The van der Waals surface area contributed by atoms with Gasteiger partial charge in [-0.25, -0.2) is 0 Å². The standard InChI is InChI=1S/C7H5BF6N.K/c9-7(10,11)4-1-5(8(12,13)14)3-6(15)2-4;/h1-3H,15H2;/q-1;+1. The Morgan fingerprint density at radius 2 is 1.50 bits per heavy atom. The van der Waals surface area contributed by atoms with Crippen molar-refractivity contribution in [3.63, 3.8) is 0 Å². The van der Waals surface area contributed by atoms with Crippen molar-refractivity contribution in [1.82, 2.24) is 0 Å². The van der Waals surface area contributed by atoms with Gasteiger partial charge in [0.2, 0.25) is 0 Å². The monoisotopic (exact) mass is 267 g/mol. The van der Waals surface area contributed by atoms with Crippen molar-refractivity contribution in [2.24, 2.45) is 0 Å². The van der Waals surface area contributed by atoms with Crippen LogP contribution < -0.4 is 62.6 Å². The number of nitrogen functional groups attached to an aromatic ring is 1. The van der Waals surface area contributed by atoms with Gasteiger partial charge >= 0.3 is 64.5 Å². The molecule has 0 radical (unpaired) electrons. The van der Waals surface area contributed by atoms with Crippen molar-refractivity contribution >= 4 is 18.1 Å². The van der Waals surface area contributed by atoms with Crippen LogP contribution in [0.1, 0.15) is 5.56 Å². The second kappa shape index (κ2) is 5.30. The van der Waals surface area contributed by atoms with Crippen LogP contribution in [0.5, 0.6) is 0 Å². The van der Waals surface area contributed by atoms with E-state index in [4.69, 9.17) is 5.73 Å². The van der Waals surface area contributed by atoms with Crippen LogP contribution in [0.25, 0.3) is 0 Å². The van der Waals surface area contributed by atoms with E-state index in [0.29, 0.717) is 12.1 Å². The van der Waals surface area contributed by atoms with Gasteiger partial charge in [-0.1, -0.05) is 12.1 Å². The molecule has 0 unspecified atom stereocenters. The summed E-state index contributed by atoms with van der Waals surface area (Å²) in [6.07, 6.45) is -4.83. The third kappa shape index (κ3) is 4.28. The zero-order valence-corrected chi connectivity index (χ0v) is 11.3. The Hall–Kier alpha value is 0.301. The molecule has 1 aromatic carbocycles. The number of rotatable bonds is 1. The minimum absolute atomic E-state index is 0. The molecule has 0 saturated heterocycles. The van der Waals surface area contributed by atoms with Crippen LogP contribution in [-0.4, -0.2) is 6.98 Å². The molecule has 0 heterocycles. The van der Waals surface area contributed by atoms with E-state index in [1.54, 1.807) is 0 Å². The molecule has 0 aliphatic carbocycles. The Morgan fingerprint density at radius 3 is 1.88 bits per heavy atom. The van der Waals surface area contributed by atoms with Crippen LogP contribution in [0.2, 0.25) is 0 Å². The summed E-state index contributed by atoms with van der Waals surface area (Å²) in [4.78, 5) is 0. The van der Waals surface area contributed by atoms with Crippen LogP contribution in [0.15, 0.2) is 18.2 Å². The number of hydrogen-bond donors (Lipinski definition) is 1. The predicted octanol–water partition coefficient (Wildman–Crippen LogP) is -0.654. The Kier molecular flexibility index (Phi) is 5.40. The molecule has 0 spiro atoms.